The minimum Gasteiger partial charge on any atom is -0.378 e. The second-order valence-corrected chi connectivity index (χ2v) is 7.75. The van der Waals surface area contributed by atoms with E-state index in [0.29, 0.717) is 19.8 Å². The van der Waals surface area contributed by atoms with Crippen LogP contribution in [0.4, 0.5) is 5.95 Å². The van der Waals surface area contributed by atoms with Crippen molar-refractivity contribution in [3.05, 3.63) is 72.7 Å². The highest BCUT2D eigenvalue weighted by molar-refractivity contribution is 6.00. The third-order valence-corrected chi connectivity index (χ3v) is 5.79. The van der Waals surface area contributed by atoms with Gasteiger partial charge in [0.25, 0.3) is 0 Å². The van der Waals surface area contributed by atoms with E-state index in [4.69, 9.17) is 19.7 Å². The van der Waals surface area contributed by atoms with E-state index in [1.54, 1.807) is 0 Å². The van der Waals surface area contributed by atoms with Crippen molar-refractivity contribution >= 4 is 28.0 Å². The van der Waals surface area contributed by atoms with Gasteiger partial charge in [0, 0.05) is 35.8 Å². The highest BCUT2D eigenvalue weighted by atomic mass is 16.5. The Morgan fingerprint density at radius 2 is 1.81 bits per heavy atom. The quantitative estimate of drug-likeness (QED) is 0.487. The van der Waals surface area contributed by atoms with Crippen LogP contribution in [0.15, 0.2) is 67.1 Å². The number of aromatic amines is 1. The SMILES string of the molecule is c1ccc(Cn2cnc3c(-c4cccc5[nH]ccc45)nc(N4CCOCC4)nc32)cc1. The summed E-state index contributed by atoms with van der Waals surface area (Å²) in [7, 11) is 0. The molecule has 1 fully saturated rings. The van der Waals surface area contributed by atoms with E-state index in [9.17, 15) is 0 Å². The van der Waals surface area contributed by atoms with Gasteiger partial charge in [-0.15, -0.1) is 0 Å². The molecule has 0 amide bonds. The Bertz CT molecular complexity index is 1350. The van der Waals surface area contributed by atoms with E-state index in [1.807, 2.05) is 18.6 Å². The third kappa shape index (κ3) is 3.23. The van der Waals surface area contributed by atoms with E-state index in [2.05, 4.69) is 63.0 Å². The zero-order valence-electron chi connectivity index (χ0n) is 17.0. The number of fused-ring (bicyclic) bond motifs is 2. The summed E-state index contributed by atoms with van der Waals surface area (Å²) in [5, 5.41) is 1.13. The maximum absolute atomic E-state index is 5.54. The maximum atomic E-state index is 5.54. The van der Waals surface area contributed by atoms with Crippen LogP contribution in [0.5, 0.6) is 0 Å². The number of anilines is 1. The lowest BCUT2D eigenvalue weighted by atomic mass is 10.1. The van der Waals surface area contributed by atoms with E-state index in [0.717, 1.165) is 52.4 Å². The average Bonchev–Trinajstić information content (AvgIpc) is 3.47. The minimum atomic E-state index is 0.688. The molecule has 7 heteroatoms. The molecule has 3 aromatic heterocycles. The number of benzene rings is 2. The van der Waals surface area contributed by atoms with Gasteiger partial charge in [0.1, 0.15) is 11.2 Å². The van der Waals surface area contributed by atoms with Crippen molar-refractivity contribution in [1.29, 1.82) is 0 Å². The molecular weight excluding hydrogens is 388 g/mol. The molecule has 154 valence electrons. The van der Waals surface area contributed by atoms with E-state index in [-0.39, 0.29) is 0 Å². The van der Waals surface area contributed by atoms with Crippen molar-refractivity contribution in [1.82, 2.24) is 24.5 Å². The molecule has 1 N–H and O–H groups in total. The minimum absolute atomic E-state index is 0.688. The van der Waals surface area contributed by atoms with Crippen LogP contribution in [-0.2, 0) is 11.3 Å². The van der Waals surface area contributed by atoms with Crippen molar-refractivity contribution < 1.29 is 4.74 Å². The summed E-state index contributed by atoms with van der Waals surface area (Å²) >= 11 is 0. The number of morpholine rings is 1. The van der Waals surface area contributed by atoms with E-state index >= 15 is 0 Å². The highest BCUT2D eigenvalue weighted by Crippen LogP contribution is 2.32. The molecular formula is C24H22N6O. The van der Waals surface area contributed by atoms with Crippen LogP contribution in [-0.4, -0.2) is 50.8 Å². The first kappa shape index (κ1) is 18.1. The topological polar surface area (TPSA) is 71.9 Å². The molecule has 31 heavy (non-hydrogen) atoms. The number of imidazole rings is 1. The van der Waals surface area contributed by atoms with Crippen molar-refractivity contribution in [2.45, 2.75) is 6.54 Å². The van der Waals surface area contributed by atoms with Crippen LogP contribution in [0, 0.1) is 0 Å². The van der Waals surface area contributed by atoms with Gasteiger partial charge in [0.05, 0.1) is 26.1 Å². The Labute approximate surface area is 179 Å². The predicted octanol–water partition coefficient (Wildman–Crippen LogP) is 3.86. The second-order valence-electron chi connectivity index (χ2n) is 7.75. The Balaban J connectivity index is 1.55. The van der Waals surface area contributed by atoms with Gasteiger partial charge in [-0.05, 0) is 17.7 Å². The number of nitrogens with zero attached hydrogens (tertiary/aromatic N) is 5. The van der Waals surface area contributed by atoms with E-state index < -0.39 is 0 Å². The first-order valence-corrected chi connectivity index (χ1v) is 10.5. The Kier molecular flexibility index (Phi) is 4.39. The monoisotopic (exact) mass is 410 g/mol. The number of hydrogen-bond acceptors (Lipinski definition) is 5. The summed E-state index contributed by atoms with van der Waals surface area (Å²) < 4.78 is 7.65. The number of rotatable bonds is 4. The molecule has 0 atom stereocenters. The van der Waals surface area contributed by atoms with Crippen LogP contribution in [0.1, 0.15) is 5.56 Å². The summed E-state index contributed by atoms with van der Waals surface area (Å²) in [6.45, 7) is 3.66. The summed E-state index contributed by atoms with van der Waals surface area (Å²) in [4.78, 5) is 20.2. The molecule has 0 aliphatic carbocycles. The van der Waals surface area contributed by atoms with Crippen molar-refractivity contribution in [2.75, 3.05) is 31.2 Å². The number of aromatic nitrogens is 5. The fourth-order valence-electron chi connectivity index (χ4n) is 4.21. The fourth-order valence-corrected chi connectivity index (χ4v) is 4.21. The molecule has 4 heterocycles. The Hall–Kier alpha value is -3.71. The molecule has 0 radical (unpaired) electrons. The van der Waals surface area contributed by atoms with Gasteiger partial charge in [-0.1, -0.05) is 42.5 Å². The molecule has 2 aromatic carbocycles. The standard InChI is InChI=1S/C24H22N6O/c1-2-5-17(6-3-1)15-30-16-26-22-21(19-7-4-8-20-18(19)9-10-25-20)27-24(28-23(22)30)29-11-13-31-14-12-29/h1-10,16,25H,11-15H2. The zero-order chi connectivity index (χ0) is 20.6. The maximum Gasteiger partial charge on any atom is 0.228 e. The van der Waals surface area contributed by atoms with Gasteiger partial charge < -0.3 is 19.2 Å². The van der Waals surface area contributed by atoms with Crippen molar-refractivity contribution in [2.24, 2.45) is 0 Å². The number of hydrogen-bond donors (Lipinski definition) is 1. The predicted molar refractivity (Wildman–Crippen MR) is 121 cm³/mol. The van der Waals surface area contributed by atoms with Crippen LogP contribution in [0.25, 0.3) is 33.3 Å². The first-order valence-electron chi connectivity index (χ1n) is 10.5. The van der Waals surface area contributed by atoms with Gasteiger partial charge in [-0.25, -0.2) is 9.97 Å². The van der Waals surface area contributed by atoms with Gasteiger partial charge >= 0.3 is 0 Å². The third-order valence-electron chi connectivity index (χ3n) is 5.79. The average molecular weight is 410 g/mol. The van der Waals surface area contributed by atoms with Gasteiger partial charge in [0.2, 0.25) is 5.95 Å². The lowest BCUT2D eigenvalue weighted by Crippen LogP contribution is -2.37. The fraction of sp³-hybridized carbons (Fsp3) is 0.208. The molecule has 1 aliphatic rings. The highest BCUT2D eigenvalue weighted by Gasteiger charge is 2.21. The molecule has 0 unspecified atom stereocenters. The molecule has 7 nitrogen and oxygen atoms in total. The molecule has 1 saturated heterocycles. The van der Waals surface area contributed by atoms with Crippen LogP contribution in [0.3, 0.4) is 0 Å². The van der Waals surface area contributed by atoms with Gasteiger partial charge in [0.15, 0.2) is 5.65 Å². The molecule has 0 saturated carbocycles. The molecule has 1 aliphatic heterocycles. The number of H-pyrrole nitrogens is 1. The summed E-state index contributed by atoms with van der Waals surface area (Å²) in [5.41, 5.74) is 5.89. The second kappa shape index (κ2) is 7.52. The Morgan fingerprint density at radius 1 is 0.935 bits per heavy atom. The van der Waals surface area contributed by atoms with Crippen LogP contribution in [0.2, 0.25) is 0 Å². The first-order chi connectivity index (χ1) is 15.4. The van der Waals surface area contributed by atoms with Gasteiger partial charge in [-0.2, -0.15) is 4.98 Å². The normalized spacial score (nSPS) is 14.5. The summed E-state index contributed by atoms with van der Waals surface area (Å²) in [5.74, 6) is 0.730. The van der Waals surface area contributed by atoms with E-state index in [1.165, 1.54) is 5.56 Å². The van der Waals surface area contributed by atoms with Crippen LogP contribution >= 0.6 is 0 Å². The molecule has 0 spiro atoms. The van der Waals surface area contributed by atoms with Crippen molar-refractivity contribution in [3.8, 4) is 11.3 Å². The molecule has 0 bridgehead atoms. The molecule has 6 rings (SSSR count). The summed E-state index contributed by atoms with van der Waals surface area (Å²) in [6, 6.07) is 18.7. The Morgan fingerprint density at radius 3 is 2.68 bits per heavy atom. The van der Waals surface area contributed by atoms with Gasteiger partial charge in [-0.3, -0.25) is 0 Å². The zero-order valence-corrected chi connectivity index (χ0v) is 17.0. The molecule has 5 aromatic rings. The summed E-state index contributed by atoms with van der Waals surface area (Å²) in [6.07, 6.45) is 3.83. The van der Waals surface area contributed by atoms with Crippen LogP contribution < -0.4 is 4.90 Å². The smallest absolute Gasteiger partial charge is 0.228 e. The van der Waals surface area contributed by atoms with Crippen molar-refractivity contribution in [3.63, 3.8) is 0 Å². The largest absolute Gasteiger partial charge is 0.378 e. The lowest BCUT2D eigenvalue weighted by Gasteiger charge is -2.27. The lowest BCUT2D eigenvalue weighted by molar-refractivity contribution is 0.122. The number of nitrogens with one attached hydrogen (secondary N) is 1. The number of ether oxygens (including phenoxy) is 1.